The monoisotopic (exact) mass is 434 g/mol. The molecule has 8 heteroatoms. The van der Waals surface area contributed by atoms with Crippen molar-refractivity contribution in [3.8, 4) is 0 Å². The van der Waals surface area contributed by atoms with Crippen LogP contribution < -0.4 is 10.6 Å². The molecule has 2 aromatic heterocycles. The first-order valence-electron chi connectivity index (χ1n) is 10.4. The Hall–Kier alpha value is -3.13. The van der Waals surface area contributed by atoms with Gasteiger partial charge in [-0.2, -0.15) is 4.98 Å². The molecule has 4 rings (SSSR count). The fourth-order valence-electron chi connectivity index (χ4n) is 3.44. The Labute approximate surface area is 186 Å². The molecule has 1 unspecified atom stereocenters. The van der Waals surface area contributed by atoms with Gasteiger partial charge in [-0.05, 0) is 44.5 Å². The van der Waals surface area contributed by atoms with Gasteiger partial charge < -0.3 is 10.6 Å². The average Bonchev–Trinajstić information content (AvgIpc) is 3.17. The lowest BCUT2D eigenvalue weighted by Crippen LogP contribution is -2.32. The molecular weight excluding hydrogens is 408 g/mol. The third-order valence-corrected chi connectivity index (χ3v) is 6.01. The summed E-state index contributed by atoms with van der Waals surface area (Å²) in [5, 5.41) is 11.7. The summed E-state index contributed by atoms with van der Waals surface area (Å²) in [5.41, 5.74) is 3.94. The molecule has 1 atom stereocenters. The molecule has 7 nitrogen and oxygen atoms in total. The van der Waals surface area contributed by atoms with E-state index in [1.165, 1.54) is 0 Å². The van der Waals surface area contributed by atoms with Gasteiger partial charge in [-0.15, -0.1) is 5.10 Å². The molecule has 1 aromatic carbocycles. The number of hydrogen-bond acceptors (Lipinski definition) is 6. The second kappa shape index (κ2) is 9.34. The Bertz CT molecular complexity index is 1090. The van der Waals surface area contributed by atoms with E-state index in [9.17, 15) is 4.79 Å². The van der Waals surface area contributed by atoms with Gasteiger partial charge in [0.25, 0.3) is 5.91 Å². The first kappa shape index (κ1) is 21.1. The van der Waals surface area contributed by atoms with Crippen LogP contribution in [0.2, 0.25) is 0 Å². The summed E-state index contributed by atoms with van der Waals surface area (Å²) >= 11 is 1.63. The highest BCUT2D eigenvalue weighted by Gasteiger charge is 2.35. The number of hydrogen-bond donors (Lipinski definition) is 2. The van der Waals surface area contributed by atoms with Gasteiger partial charge >= 0.3 is 0 Å². The standard InChI is InChI=1S/C23H26N6OS/c1-4-5-14-31-23-27-22-25-16(3)19(21(30)26-17-11-9-15(2)10-12-17)20(29(22)28-23)18-8-6-7-13-24-18/h6-13,20H,4-5,14H2,1-3H3,(H,26,30)(H,25,27,28). The number of aromatic nitrogens is 4. The Morgan fingerprint density at radius 3 is 2.71 bits per heavy atom. The fourth-order valence-corrected chi connectivity index (χ4v) is 4.35. The van der Waals surface area contributed by atoms with Gasteiger partial charge in [0.2, 0.25) is 11.1 Å². The zero-order valence-electron chi connectivity index (χ0n) is 17.9. The summed E-state index contributed by atoms with van der Waals surface area (Å²) in [7, 11) is 0. The molecule has 31 heavy (non-hydrogen) atoms. The molecule has 3 aromatic rings. The average molecular weight is 435 g/mol. The third-order valence-electron chi connectivity index (χ3n) is 5.08. The summed E-state index contributed by atoms with van der Waals surface area (Å²) < 4.78 is 1.77. The predicted octanol–water partition coefficient (Wildman–Crippen LogP) is 4.80. The smallest absolute Gasteiger partial charge is 0.255 e. The number of benzene rings is 1. The van der Waals surface area contributed by atoms with E-state index in [1.54, 1.807) is 22.6 Å². The molecule has 0 saturated carbocycles. The number of nitrogens with zero attached hydrogens (tertiary/aromatic N) is 4. The van der Waals surface area contributed by atoms with Gasteiger partial charge in [-0.1, -0.05) is 48.9 Å². The molecule has 0 radical (unpaired) electrons. The van der Waals surface area contributed by atoms with Crippen LogP contribution in [-0.4, -0.2) is 31.4 Å². The molecule has 1 aliphatic heterocycles. The largest absolute Gasteiger partial charge is 0.328 e. The molecule has 160 valence electrons. The van der Waals surface area contributed by atoms with Crippen LogP contribution in [0.25, 0.3) is 0 Å². The molecular formula is C23H26N6OS. The van der Waals surface area contributed by atoms with Crippen molar-refractivity contribution in [1.29, 1.82) is 0 Å². The summed E-state index contributed by atoms with van der Waals surface area (Å²) in [5.74, 6) is 1.39. The molecule has 0 aliphatic carbocycles. The molecule has 0 fully saturated rings. The van der Waals surface area contributed by atoms with E-state index in [-0.39, 0.29) is 5.91 Å². The Kier molecular flexibility index (Phi) is 6.36. The van der Waals surface area contributed by atoms with E-state index in [2.05, 4.69) is 27.5 Å². The van der Waals surface area contributed by atoms with Crippen molar-refractivity contribution in [1.82, 2.24) is 19.7 Å². The van der Waals surface area contributed by atoms with Crippen LogP contribution in [0.5, 0.6) is 0 Å². The Morgan fingerprint density at radius 2 is 2.00 bits per heavy atom. The zero-order chi connectivity index (χ0) is 21.8. The number of carbonyl (C=O) groups is 1. The van der Waals surface area contributed by atoms with Crippen LogP contribution >= 0.6 is 11.8 Å². The Morgan fingerprint density at radius 1 is 1.19 bits per heavy atom. The summed E-state index contributed by atoms with van der Waals surface area (Å²) in [4.78, 5) is 22.6. The zero-order valence-corrected chi connectivity index (χ0v) is 18.7. The van der Waals surface area contributed by atoms with E-state index in [1.807, 2.05) is 56.3 Å². The molecule has 0 spiro atoms. The maximum atomic E-state index is 13.4. The van der Waals surface area contributed by atoms with Crippen molar-refractivity contribution in [3.05, 3.63) is 71.2 Å². The predicted molar refractivity (Wildman–Crippen MR) is 124 cm³/mol. The number of carbonyl (C=O) groups excluding carboxylic acids is 1. The van der Waals surface area contributed by atoms with Crippen molar-refractivity contribution in [2.24, 2.45) is 0 Å². The molecule has 2 N–H and O–H groups in total. The number of pyridine rings is 1. The second-order valence-electron chi connectivity index (χ2n) is 7.51. The summed E-state index contributed by atoms with van der Waals surface area (Å²) in [6.07, 6.45) is 3.96. The minimum Gasteiger partial charge on any atom is -0.328 e. The van der Waals surface area contributed by atoms with Crippen LogP contribution in [0.1, 0.15) is 44.0 Å². The van der Waals surface area contributed by atoms with E-state index in [4.69, 9.17) is 5.10 Å². The lowest BCUT2D eigenvalue weighted by atomic mass is 9.98. The minimum absolute atomic E-state index is 0.189. The van der Waals surface area contributed by atoms with Crippen molar-refractivity contribution in [2.45, 2.75) is 44.8 Å². The highest BCUT2D eigenvalue weighted by Crippen LogP contribution is 2.36. The van der Waals surface area contributed by atoms with Gasteiger partial charge in [-0.3, -0.25) is 9.78 Å². The van der Waals surface area contributed by atoms with E-state index >= 15 is 0 Å². The number of aryl methyl sites for hydroxylation is 1. The molecule has 1 amide bonds. The summed E-state index contributed by atoms with van der Waals surface area (Å²) in [6, 6.07) is 13.0. The van der Waals surface area contributed by atoms with Crippen molar-refractivity contribution < 1.29 is 4.79 Å². The van der Waals surface area contributed by atoms with Crippen LogP contribution in [0.3, 0.4) is 0 Å². The summed E-state index contributed by atoms with van der Waals surface area (Å²) in [6.45, 7) is 6.07. The number of allylic oxidation sites excluding steroid dienone is 1. The molecule has 0 bridgehead atoms. The number of amides is 1. The number of rotatable bonds is 7. The highest BCUT2D eigenvalue weighted by molar-refractivity contribution is 7.99. The van der Waals surface area contributed by atoms with Gasteiger partial charge in [0.1, 0.15) is 6.04 Å². The minimum atomic E-state index is -0.462. The van der Waals surface area contributed by atoms with Crippen molar-refractivity contribution >= 4 is 29.3 Å². The van der Waals surface area contributed by atoms with Crippen LogP contribution in [0.4, 0.5) is 11.6 Å². The van der Waals surface area contributed by atoms with Crippen molar-refractivity contribution in [3.63, 3.8) is 0 Å². The van der Waals surface area contributed by atoms with Crippen LogP contribution in [0.15, 0.2) is 65.1 Å². The van der Waals surface area contributed by atoms with Gasteiger partial charge in [0.05, 0.1) is 11.3 Å². The van der Waals surface area contributed by atoms with E-state index in [0.717, 1.165) is 41.2 Å². The number of nitrogens with one attached hydrogen (secondary N) is 2. The van der Waals surface area contributed by atoms with Gasteiger partial charge in [0.15, 0.2) is 0 Å². The van der Waals surface area contributed by atoms with E-state index in [0.29, 0.717) is 16.7 Å². The van der Waals surface area contributed by atoms with E-state index < -0.39 is 6.04 Å². The lowest BCUT2D eigenvalue weighted by Gasteiger charge is -2.28. The SMILES string of the molecule is CCCCSc1nc2n(n1)C(c1ccccn1)C(C(=O)Nc1ccc(C)cc1)=C(C)N2. The normalized spacial score (nSPS) is 15.4. The highest BCUT2D eigenvalue weighted by atomic mass is 32.2. The molecule has 0 saturated heterocycles. The number of thioether (sulfide) groups is 1. The first-order chi connectivity index (χ1) is 15.1. The number of anilines is 2. The van der Waals surface area contributed by atoms with Crippen LogP contribution in [-0.2, 0) is 4.79 Å². The van der Waals surface area contributed by atoms with Gasteiger partial charge in [-0.25, -0.2) is 4.68 Å². The van der Waals surface area contributed by atoms with Crippen molar-refractivity contribution in [2.75, 3.05) is 16.4 Å². The topological polar surface area (TPSA) is 84.7 Å². The fraction of sp³-hybridized carbons (Fsp3) is 0.304. The maximum Gasteiger partial charge on any atom is 0.255 e. The number of unbranched alkanes of at least 4 members (excludes halogenated alkanes) is 1. The second-order valence-corrected chi connectivity index (χ2v) is 8.57. The lowest BCUT2D eigenvalue weighted by molar-refractivity contribution is -0.113. The third kappa shape index (κ3) is 4.64. The molecule has 1 aliphatic rings. The molecule has 3 heterocycles. The maximum absolute atomic E-state index is 13.4. The first-order valence-corrected chi connectivity index (χ1v) is 11.4. The Balaban J connectivity index is 1.69. The van der Waals surface area contributed by atoms with Gasteiger partial charge in [0, 0.05) is 23.3 Å². The number of fused-ring (bicyclic) bond motifs is 1. The van der Waals surface area contributed by atoms with Crippen LogP contribution in [0, 0.1) is 6.92 Å². The quantitative estimate of drug-likeness (QED) is 0.410.